The molecule has 124 valence electrons. The Labute approximate surface area is 136 Å². The summed E-state index contributed by atoms with van der Waals surface area (Å²) in [4.78, 5) is 26.1. The molecule has 0 radical (unpaired) electrons. The lowest BCUT2D eigenvalue weighted by Gasteiger charge is -2.26. The van der Waals surface area contributed by atoms with Crippen molar-refractivity contribution in [2.45, 2.75) is 37.8 Å². The van der Waals surface area contributed by atoms with Crippen LogP contribution in [0.4, 0.5) is 0 Å². The van der Waals surface area contributed by atoms with Gasteiger partial charge in [0.15, 0.2) is 0 Å². The fraction of sp³-hybridized carbons (Fsp3) is 0.556. The lowest BCUT2D eigenvalue weighted by molar-refractivity contribution is -0.128. The van der Waals surface area contributed by atoms with Crippen molar-refractivity contribution in [1.29, 1.82) is 0 Å². The minimum atomic E-state index is -0.521. The molecule has 1 aromatic carbocycles. The van der Waals surface area contributed by atoms with Crippen molar-refractivity contribution in [2.75, 3.05) is 13.6 Å². The standard InChI is InChI=1S/C18H24N2O3/c1-20-16(22)10-13(17(20)12-6-3-2-4-7-12)11-19-18(23)14-8-5-9-15(14)21/h2-4,6-7,13-15,17,21H,5,8-11H2,1H3,(H,19,23)/t13-,14-,15-,17-/m1/s1. The quantitative estimate of drug-likeness (QED) is 0.884. The minimum absolute atomic E-state index is 0.00231. The fourth-order valence-electron chi connectivity index (χ4n) is 3.89. The summed E-state index contributed by atoms with van der Waals surface area (Å²) in [6.45, 7) is 0.470. The van der Waals surface area contributed by atoms with E-state index < -0.39 is 6.10 Å². The number of nitrogens with one attached hydrogen (secondary N) is 1. The number of amides is 2. The van der Waals surface area contributed by atoms with Gasteiger partial charge in [-0.1, -0.05) is 30.3 Å². The average Bonchev–Trinajstić information content (AvgIpc) is 3.10. The lowest BCUT2D eigenvalue weighted by atomic mass is 9.93. The zero-order chi connectivity index (χ0) is 16.4. The normalized spacial score (nSPS) is 30.7. The van der Waals surface area contributed by atoms with Gasteiger partial charge in [-0.15, -0.1) is 0 Å². The van der Waals surface area contributed by atoms with Crippen molar-refractivity contribution in [3.63, 3.8) is 0 Å². The lowest BCUT2D eigenvalue weighted by Crippen LogP contribution is -2.38. The van der Waals surface area contributed by atoms with Gasteiger partial charge in [-0.3, -0.25) is 9.59 Å². The van der Waals surface area contributed by atoms with Gasteiger partial charge in [-0.05, 0) is 24.8 Å². The third-order valence-electron chi connectivity index (χ3n) is 5.19. The molecule has 23 heavy (non-hydrogen) atoms. The molecule has 2 N–H and O–H groups in total. The molecule has 2 aliphatic rings. The maximum absolute atomic E-state index is 12.2. The monoisotopic (exact) mass is 316 g/mol. The van der Waals surface area contributed by atoms with Gasteiger partial charge in [0.1, 0.15) is 0 Å². The molecule has 5 heteroatoms. The van der Waals surface area contributed by atoms with E-state index in [0.29, 0.717) is 19.4 Å². The van der Waals surface area contributed by atoms with Gasteiger partial charge in [0.2, 0.25) is 11.8 Å². The first-order chi connectivity index (χ1) is 11.1. The van der Waals surface area contributed by atoms with Crippen LogP contribution in [0.1, 0.15) is 37.3 Å². The molecular formula is C18H24N2O3. The predicted molar refractivity (Wildman–Crippen MR) is 86.4 cm³/mol. The Morgan fingerprint density at radius 2 is 2.04 bits per heavy atom. The number of aliphatic hydroxyl groups excluding tert-OH is 1. The Balaban J connectivity index is 1.66. The van der Waals surface area contributed by atoms with E-state index in [1.165, 1.54) is 0 Å². The predicted octanol–water partition coefficient (Wildman–Crippen LogP) is 1.48. The third-order valence-corrected chi connectivity index (χ3v) is 5.19. The molecule has 0 aromatic heterocycles. The number of benzene rings is 1. The maximum atomic E-state index is 12.2. The van der Waals surface area contributed by atoms with Gasteiger partial charge in [0.25, 0.3) is 0 Å². The van der Waals surface area contributed by atoms with E-state index in [9.17, 15) is 14.7 Å². The second-order valence-electron chi connectivity index (χ2n) is 6.67. The van der Waals surface area contributed by atoms with Gasteiger partial charge in [0, 0.05) is 25.9 Å². The number of nitrogens with zero attached hydrogens (tertiary/aromatic N) is 1. The Hall–Kier alpha value is -1.88. The number of hydrogen-bond donors (Lipinski definition) is 2. The Morgan fingerprint density at radius 1 is 1.30 bits per heavy atom. The van der Waals surface area contributed by atoms with Crippen LogP contribution in [0.15, 0.2) is 30.3 Å². The number of likely N-dealkylation sites (tertiary alicyclic amines) is 1. The van der Waals surface area contributed by atoms with E-state index in [0.717, 1.165) is 18.4 Å². The number of aliphatic hydroxyl groups is 1. The number of hydrogen-bond acceptors (Lipinski definition) is 3. The minimum Gasteiger partial charge on any atom is -0.392 e. The molecule has 0 bridgehead atoms. The Morgan fingerprint density at radius 3 is 2.70 bits per heavy atom. The van der Waals surface area contributed by atoms with Crippen LogP contribution >= 0.6 is 0 Å². The maximum Gasteiger partial charge on any atom is 0.225 e. The summed E-state index contributed by atoms with van der Waals surface area (Å²) in [6.07, 6.45) is 2.28. The molecule has 2 fully saturated rings. The molecular weight excluding hydrogens is 292 g/mol. The topological polar surface area (TPSA) is 69.6 Å². The molecule has 4 atom stereocenters. The van der Waals surface area contributed by atoms with Crippen LogP contribution in [0, 0.1) is 11.8 Å². The van der Waals surface area contributed by atoms with Gasteiger partial charge in [-0.2, -0.15) is 0 Å². The van der Waals surface area contributed by atoms with E-state index in [4.69, 9.17) is 0 Å². The summed E-state index contributed by atoms with van der Waals surface area (Å²) in [5.41, 5.74) is 1.10. The molecule has 1 aliphatic heterocycles. The summed E-state index contributed by atoms with van der Waals surface area (Å²) < 4.78 is 0. The Bertz CT molecular complexity index is 575. The van der Waals surface area contributed by atoms with Crippen LogP contribution in [-0.4, -0.2) is 41.5 Å². The number of rotatable bonds is 4. The first kappa shape index (κ1) is 16.0. The highest BCUT2D eigenvalue weighted by Gasteiger charge is 2.39. The smallest absolute Gasteiger partial charge is 0.225 e. The summed E-state index contributed by atoms with van der Waals surface area (Å²) >= 11 is 0. The van der Waals surface area contributed by atoms with Crippen LogP contribution in [0.5, 0.6) is 0 Å². The summed E-state index contributed by atoms with van der Waals surface area (Å²) in [6, 6.07) is 9.94. The number of carbonyl (C=O) groups is 2. The second kappa shape index (κ2) is 6.71. The second-order valence-corrected chi connectivity index (χ2v) is 6.67. The van der Waals surface area contributed by atoms with Crippen molar-refractivity contribution in [3.05, 3.63) is 35.9 Å². The molecule has 1 aliphatic carbocycles. The zero-order valence-corrected chi connectivity index (χ0v) is 13.4. The van der Waals surface area contributed by atoms with Crippen molar-refractivity contribution in [1.82, 2.24) is 10.2 Å². The van der Waals surface area contributed by atoms with E-state index in [2.05, 4.69) is 5.32 Å². The first-order valence-corrected chi connectivity index (χ1v) is 8.34. The van der Waals surface area contributed by atoms with Crippen LogP contribution in [-0.2, 0) is 9.59 Å². The SMILES string of the molecule is CN1C(=O)C[C@H](CNC(=O)[C@@H]2CCC[C@H]2O)[C@H]1c1ccccc1. The van der Waals surface area contributed by atoms with Gasteiger partial charge in [-0.25, -0.2) is 0 Å². The molecule has 3 rings (SSSR count). The summed E-state index contributed by atoms with van der Waals surface area (Å²) in [5, 5.41) is 12.8. The third kappa shape index (κ3) is 3.24. The van der Waals surface area contributed by atoms with E-state index >= 15 is 0 Å². The summed E-state index contributed by atoms with van der Waals surface area (Å²) in [7, 11) is 1.82. The van der Waals surface area contributed by atoms with Crippen molar-refractivity contribution in [3.8, 4) is 0 Å². The molecule has 0 unspecified atom stereocenters. The van der Waals surface area contributed by atoms with Gasteiger partial charge in [0.05, 0.1) is 18.1 Å². The van der Waals surface area contributed by atoms with E-state index in [1.54, 1.807) is 4.90 Å². The van der Waals surface area contributed by atoms with Crippen LogP contribution in [0.2, 0.25) is 0 Å². The first-order valence-electron chi connectivity index (χ1n) is 8.34. The van der Waals surface area contributed by atoms with Gasteiger partial charge < -0.3 is 15.3 Å². The zero-order valence-electron chi connectivity index (χ0n) is 13.4. The van der Waals surface area contributed by atoms with Crippen molar-refractivity contribution < 1.29 is 14.7 Å². The Kier molecular flexibility index (Phi) is 4.66. The number of carbonyl (C=O) groups excluding carboxylic acids is 2. The van der Waals surface area contributed by atoms with Crippen molar-refractivity contribution >= 4 is 11.8 Å². The molecule has 0 spiro atoms. The molecule has 1 heterocycles. The molecule has 5 nitrogen and oxygen atoms in total. The molecule has 2 amide bonds. The van der Waals surface area contributed by atoms with Crippen LogP contribution in [0.3, 0.4) is 0 Å². The largest absolute Gasteiger partial charge is 0.392 e. The van der Waals surface area contributed by atoms with Crippen LogP contribution in [0.25, 0.3) is 0 Å². The van der Waals surface area contributed by atoms with Gasteiger partial charge >= 0.3 is 0 Å². The average molecular weight is 316 g/mol. The van der Waals surface area contributed by atoms with E-state index in [1.807, 2.05) is 37.4 Å². The highest BCUT2D eigenvalue weighted by Crippen LogP contribution is 2.36. The molecule has 1 aromatic rings. The molecule has 1 saturated carbocycles. The highest BCUT2D eigenvalue weighted by atomic mass is 16.3. The highest BCUT2D eigenvalue weighted by molar-refractivity contribution is 5.81. The van der Waals surface area contributed by atoms with Crippen molar-refractivity contribution in [2.24, 2.45) is 11.8 Å². The van der Waals surface area contributed by atoms with E-state index in [-0.39, 0.29) is 29.7 Å². The van der Waals surface area contributed by atoms with Crippen LogP contribution < -0.4 is 5.32 Å². The summed E-state index contributed by atoms with van der Waals surface area (Å²) in [5.74, 6) is -0.194. The fourth-order valence-corrected chi connectivity index (χ4v) is 3.89. The molecule has 1 saturated heterocycles.